The van der Waals surface area contributed by atoms with Crippen LogP contribution in [0.4, 0.5) is 0 Å². The average Bonchev–Trinajstić information content (AvgIpc) is 2.84. The smallest absolute Gasteiger partial charge is 0.255 e. The molecule has 152 valence electrons. The normalized spacial score (nSPS) is 20.0. The minimum Gasteiger partial charge on any atom is -0.338 e. The van der Waals surface area contributed by atoms with Crippen molar-refractivity contribution in [3.8, 4) is 0 Å². The van der Waals surface area contributed by atoms with E-state index in [4.69, 9.17) is 0 Å². The van der Waals surface area contributed by atoms with E-state index >= 15 is 0 Å². The zero-order valence-electron chi connectivity index (χ0n) is 17.2. The Balaban J connectivity index is 1.36. The second kappa shape index (κ2) is 8.41. The maximum atomic E-state index is 12.8. The maximum absolute atomic E-state index is 12.8. The Morgan fingerprint density at radius 1 is 0.867 bits per heavy atom. The van der Waals surface area contributed by atoms with Crippen LogP contribution in [0.25, 0.3) is 0 Å². The highest BCUT2D eigenvalue weighted by molar-refractivity contribution is 5.93. The number of aromatic nitrogens is 1. The summed E-state index contributed by atoms with van der Waals surface area (Å²) >= 11 is 0. The fourth-order valence-corrected chi connectivity index (χ4v) is 5.06. The molecule has 3 heterocycles. The molecule has 4 nitrogen and oxygen atoms in total. The standard InChI is InChI=1S/C26H27N3O/c30-26(22-10-6-15-27-19-22)28-16-13-23(14-17-28)29-18-12-20-7-4-5-11-24(20)25(29)21-8-2-1-3-9-21/h1-11,15,19,23,25H,12-14,16-18H2. The summed E-state index contributed by atoms with van der Waals surface area (Å²) < 4.78 is 0. The zero-order valence-corrected chi connectivity index (χ0v) is 17.2. The van der Waals surface area contributed by atoms with Crippen LogP contribution in [0, 0.1) is 0 Å². The van der Waals surface area contributed by atoms with Crippen LogP contribution < -0.4 is 0 Å². The minimum absolute atomic E-state index is 0.102. The highest BCUT2D eigenvalue weighted by atomic mass is 16.2. The number of hydrogen-bond acceptors (Lipinski definition) is 3. The van der Waals surface area contributed by atoms with Gasteiger partial charge in [-0.15, -0.1) is 0 Å². The van der Waals surface area contributed by atoms with Crippen molar-refractivity contribution in [2.75, 3.05) is 19.6 Å². The monoisotopic (exact) mass is 397 g/mol. The number of hydrogen-bond donors (Lipinski definition) is 0. The van der Waals surface area contributed by atoms with Gasteiger partial charge in [0.15, 0.2) is 0 Å². The molecule has 5 rings (SSSR count). The second-order valence-corrected chi connectivity index (χ2v) is 8.26. The molecule has 0 spiro atoms. The fraction of sp³-hybridized carbons (Fsp3) is 0.308. The summed E-state index contributed by atoms with van der Waals surface area (Å²) in [6.07, 6.45) is 6.49. The molecule has 0 N–H and O–H groups in total. The van der Waals surface area contributed by atoms with Crippen LogP contribution in [0.2, 0.25) is 0 Å². The van der Waals surface area contributed by atoms with E-state index in [0.29, 0.717) is 17.6 Å². The number of pyridine rings is 1. The predicted molar refractivity (Wildman–Crippen MR) is 118 cm³/mol. The van der Waals surface area contributed by atoms with Crippen molar-refractivity contribution in [3.63, 3.8) is 0 Å². The number of benzene rings is 2. The van der Waals surface area contributed by atoms with E-state index in [1.807, 2.05) is 17.0 Å². The molecule has 2 aliphatic heterocycles. The van der Waals surface area contributed by atoms with Crippen LogP contribution in [0.15, 0.2) is 79.1 Å². The summed E-state index contributed by atoms with van der Waals surface area (Å²) in [5.74, 6) is 0.102. The fourth-order valence-electron chi connectivity index (χ4n) is 5.06. The summed E-state index contributed by atoms with van der Waals surface area (Å²) in [4.78, 5) is 21.6. The molecule has 0 aliphatic carbocycles. The highest BCUT2D eigenvalue weighted by Gasteiger charge is 2.35. The number of likely N-dealkylation sites (tertiary alicyclic amines) is 1. The van der Waals surface area contributed by atoms with E-state index in [2.05, 4.69) is 64.5 Å². The van der Waals surface area contributed by atoms with Gasteiger partial charge in [0.05, 0.1) is 11.6 Å². The van der Waals surface area contributed by atoms with Crippen LogP contribution >= 0.6 is 0 Å². The first-order valence-electron chi connectivity index (χ1n) is 10.9. The topological polar surface area (TPSA) is 36.4 Å². The zero-order chi connectivity index (χ0) is 20.3. The molecule has 1 atom stereocenters. The van der Waals surface area contributed by atoms with Crippen LogP contribution in [0.3, 0.4) is 0 Å². The number of rotatable bonds is 3. The lowest BCUT2D eigenvalue weighted by Gasteiger charge is -2.45. The minimum atomic E-state index is 0.102. The van der Waals surface area contributed by atoms with Gasteiger partial charge >= 0.3 is 0 Å². The molecule has 0 bridgehead atoms. The molecular formula is C26H27N3O. The van der Waals surface area contributed by atoms with Gasteiger partial charge < -0.3 is 4.90 Å². The van der Waals surface area contributed by atoms with E-state index in [0.717, 1.165) is 38.9 Å². The van der Waals surface area contributed by atoms with Gasteiger partial charge in [-0.25, -0.2) is 0 Å². The van der Waals surface area contributed by atoms with Crippen LogP contribution in [-0.4, -0.2) is 46.4 Å². The molecular weight excluding hydrogens is 370 g/mol. The van der Waals surface area contributed by atoms with E-state index in [1.54, 1.807) is 12.4 Å². The third-order valence-corrected chi connectivity index (χ3v) is 6.57. The molecule has 4 heteroatoms. The third kappa shape index (κ3) is 3.63. The largest absolute Gasteiger partial charge is 0.338 e. The maximum Gasteiger partial charge on any atom is 0.255 e. The molecule has 1 unspecified atom stereocenters. The summed E-state index contributed by atoms with van der Waals surface area (Å²) in [5, 5.41) is 0. The van der Waals surface area contributed by atoms with Crippen LogP contribution in [0.1, 0.15) is 45.9 Å². The van der Waals surface area contributed by atoms with Crippen molar-refractivity contribution in [1.29, 1.82) is 0 Å². The molecule has 30 heavy (non-hydrogen) atoms. The van der Waals surface area contributed by atoms with Crippen molar-refractivity contribution >= 4 is 5.91 Å². The van der Waals surface area contributed by atoms with Crippen LogP contribution in [-0.2, 0) is 6.42 Å². The first-order valence-corrected chi connectivity index (χ1v) is 10.9. The summed E-state index contributed by atoms with van der Waals surface area (Å²) in [7, 11) is 0. The van der Waals surface area contributed by atoms with Crippen molar-refractivity contribution < 1.29 is 4.79 Å². The van der Waals surface area contributed by atoms with Gasteiger partial charge in [-0.3, -0.25) is 14.7 Å². The van der Waals surface area contributed by atoms with E-state index < -0.39 is 0 Å². The number of nitrogens with zero attached hydrogens (tertiary/aromatic N) is 3. The number of piperidine rings is 1. The Morgan fingerprint density at radius 2 is 1.63 bits per heavy atom. The van der Waals surface area contributed by atoms with Gasteiger partial charge in [-0.05, 0) is 48.1 Å². The van der Waals surface area contributed by atoms with E-state index in [-0.39, 0.29) is 5.91 Å². The Labute approximate surface area is 178 Å². The highest BCUT2D eigenvalue weighted by Crippen LogP contribution is 2.38. The van der Waals surface area contributed by atoms with Crippen molar-refractivity contribution in [1.82, 2.24) is 14.8 Å². The number of carbonyl (C=O) groups excluding carboxylic acids is 1. The van der Waals surface area contributed by atoms with Crippen molar-refractivity contribution in [2.45, 2.75) is 31.3 Å². The van der Waals surface area contributed by atoms with E-state index in [9.17, 15) is 4.79 Å². The first kappa shape index (κ1) is 19.0. The number of fused-ring (bicyclic) bond motifs is 1. The lowest BCUT2D eigenvalue weighted by molar-refractivity contribution is 0.0553. The molecule has 0 saturated carbocycles. The molecule has 1 fully saturated rings. The van der Waals surface area contributed by atoms with Gasteiger partial charge in [0.2, 0.25) is 0 Å². The third-order valence-electron chi connectivity index (χ3n) is 6.57. The molecule has 2 aliphatic rings. The van der Waals surface area contributed by atoms with Crippen molar-refractivity contribution in [3.05, 3.63) is 101 Å². The van der Waals surface area contributed by atoms with Gasteiger partial charge in [0.25, 0.3) is 5.91 Å². The predicted octanol–water partition coefficient (Wildman–Crippen LogP) is 4.33. The van der Waals surface area contributed by atoms with Gasteiger partial charge in [-0.1, -0.05) is 54.6 Å². The van der Waals surface area contributed by atoms with Crippen molar-refractivity contribution in [2.24, 2.45) is 0 Å². The van der Waals surface area contributed by atoms with Crippen LogP contribution in [0.5, 0.6) is 0 Å². The molecule has 3 aromatic rings. The van der Waals surface area contributed by atoms with Gasteiger partial charge in [0.1, 0.15) is 0 Å². The number of carbonyl (C=O) groups is 1. The molecule has 1 amide bonds. The molecule has 1 saturated heterocycles. The second-order valence-electron chi connectivity index (χ2n) is 8.26. The Bertz CT molecular complexity index is 997. The molecule has 1 aromatic heterocycles. The average molecular weight is 398 g/mol. The Morgan fingerprint density at radius 3 is 2.40 bits per heavy atom. The lowest BCUT2D eigenvalue weighted by Crippen LogP contribution is -2.50. The van der Waals surface area contributed by atoms with Gasteiger partial charge in [-0.2, -0.15) is 0 Å². The summed E-state index contributed by atoms with van der Waals surface area (Å²) in [6, 6.07) is 24.2. The Hall–Kier alpha value is -2.98. The SMILES string of the molecule is O=C(c1cccnc1)N1CCC(N2CCc3ccccc3C2c2ccccc2)CC1. The Kier molecular flexibility index (Phi) is 5.33. The lowest BCUT2D eigenvalue weighted by atomic mass is 9.85. The summed E-state index contributed by atoms with van der Waals surface area (Å²) in [5.41, 5.74) is 4.94. The number of amides is 1. The quantitative estimate of drug-likeness (QED) is 0.660. The molecule has 0 radical (unpaired) electrons. The first-order chi connectivity index (χ1) is 14.8. The molecule has 2 aromatic carbocycles. The van der Waals surface area contributed by atoms with Gasteiger partial charge in [0, 0.05) is 38.1 Å². The summed E-state index contributed by atoms with van der Waals surface area (Å²) in [6.45, 7) is 2.67. The van der Waals surface area contributed by atoms with E-state index in [1.165, 1.54) is 16.7 Å².